The average molecular weight is 301 g/mol. The van der Waals surface area contributed by atoms with E-state index in [4.69, 9.17) is 4.74 Å². The summed E-state index contributed by atoms with van der Waals surface area (Å²) in [5.74, 6) is 0.598. The number of aromatic nitrogens is 1. The molecule has 20 heavy (non-hydrogen) atoms. The van der Waals surface area contributed by atoms with E-state index >= 15 is 0 Å². The maximum absolute atomic E-state index is 11.4. The molecule has 1 aromatic rings. The first-order chi connectivity index (χ1) is 9.47. The average Bonchev–Trinajstić information content (AvgIpc) is 2.42. The van der Waals surface area contributed by atoms with Gasteiger partial charge in [0.2, 0.25) is 15.9 Å². The molecule has 0 aromatic carbocycles. The molecule has 0 fully saturated rings. The van der Waals surface area contributed by atoms with Crippen LogP contribution in [-0.4, -0.2) is 50.7 Å². The summed E-state index contributed by atoms with van der Waals surface area (Å²) in [6, 6.07) is 3.77. The minimum atomic E-state index is -3.08. The van der Waals surface area contributed by atoms with Crippen molar-refractivity contribution in [3.63, 3.8) is 0 Å². The molecule has 0 amide bonds. The Hall–Kier alpha value is -1.18. The number of nitrogens with zero attached hydrogens (tertiary/aromatic N) is 2. The summed E-state index contributed by atoms with van der Waals surface area (Å²) in [5, 5.41) is 3.27. The number of ether oxygens (including phenoxy) is 1. The van der Waals surface area contributed by atoms with Gasteiger partial charge in [-0.25, -0.2) is 17.7 Å². The van der Waals surface area contributed by atoms with Gasteiger partial charge in [-0.05, 0) is 18.5 Å². The van der Waals surface area contributed by atoms with Crippen LogP contribution in [0, 0.1) is 0 Å². The lowest BCUT2D eigenvalue weighted by molar-refractivity contribution is 0.397. The monoisotopic (exact) mass is 301 g/mol. The first-order valence-electron chi connectivity index (χ1n) is 6.62. The van der Waals surface area contributed by atoms with Crippen LogP contribution in [0.5, 0.6) is 5.88 Å². The summed E-state index contributed by atoms with van der Waals surface area (Å²) in [6.07, 6.45) is 3.79. The van der Waals surface area contributed by atoms with E-state index in [1.807, 2.05) is 19.1 Å². The molecule has 1 heterocycles. The molecular weight excluding hydrogens is 278 g/mol. The van der Waals surface area contributed by atoms with E-state index in [1.54, 1.807) is 13.3 Å². The summed E-state index contributed by atoms with van der Waals surface area (Å²) in [4.78, 5) is 4.12. The standard InChI is InChI=1S/C13H23N3O3S/c1-4-16(20(3,17)18)9-5-8-14-10-12-6-7-13(19-2)15-11-12/h6-7,11,14H,4-5,8-10H2,1-3H3. The molecule has 0 aliphatic carbocycles. The van der Waals surface area contributed by atoms with Gasteiger partial charge >= 0.3 is 0 Å². The third-order valence-electron chi connectivity index (χ3n) is 2.92. The minimum Gasteiger partial charge on any atom is -0.481 e. The van der Waals surface area contributed by atoms with Gasteiger partial charge in [0, 0.05) is 31.9 Å². The summed E-state index contributed by atoms with van der Waals surface area (Å²) in [5.41, 5.74) is 1.07. The van der Waals surface area contributed by atoms with Gasteiger partial charge in [-0.15, -0.1) is 0 Å². The van der Waals surface area contributed by atoms with Gasteiger partial charge in [0.05, 0.1) is 13.4 Å². The van der Waals surface area contributed by atoms with Crippen LogP contribution in [0.15, 0.2) is 18.3 Å². The first kappa shape index (κ1) is 16.9. The van der Waals surface area contributed by atoms with Crippen molar-refractivity contribution >= 4 is 10.0 Å². The molecule has 0 aliphatic heterocycles. The fourth-order valence-corrected chi connectivity index (χ4v) is 2.74. The fourth-order valence-electron chi connectivity index (χ4n) is 1.81. The lowest BCUT2D eigenvalue weighted by atomic mass is 10.3. The van der Waals surface area contributed by atoms with Gasteiger partial charge in [0.1, 0.15) is 0 Å². The van der Waals surface area contributed by atoms with E-state index in [1.165, 1.54) is 10.6 Å². The van der Waals surface area contributed by atoms with Gasteiger partial charge in [0.25, 0.3) is 0 Å². The van der Waals surface area contributed by atoms with Crippen molar-refractivity contribution in [3.05, 3.63) is 23.9 Å². The highest BCUT2D eigenvalue weighted by molar-refractivity contribution is 7.88. The van der Waals surface area contributed by atoms with Gasteiger partial charge in [-0.2, -0.15) is 0 Å². The second-order valence-corrected chi connectivity index (χ2v) is 6.48. The van der Waals surface area contributed by atoms with Gasteiger partial charge in [0.15, 0.2) is 0 Å². The molecule has 114 valence electrons. The van der Waals surface area contributed by atoms with Crippen molar-refractivity contribution < 1.29 is 13.2 Å². The zero-order chi connectivity index (χ0) is 15.0. The van der Waals surface area contributed by atoms with E-state index in [-0.39, 0.29) is 0 Å². The lowest BCUT2D eigenvalue weighted by Crippen LogP contribution is -2.32. The summed E-state index contributed by atoms with van der Waals surface area (Å²) in [7, 11) is -1.50. The summed E-state index contributed by atoms with van der Waals surface area (Å²) >= 11 is 0. The third kappa shape index (κ3) is 5.85. The van der Waals surface area contributed by atoms with Crippen LogP contribution in [0.25, 0.3) is 0 Å². The van der Waals surface area contributed by atoms with Gasteiger partial charge in [-0.3, -0.25) is 0 Å². The summed E-state index contributed by atoms with van der Waals surface area (Å²) < 4.78 is 29.3. The van der Waals surface area contributed by atoms with Crippen molar-refractivity contribution in [1.29, 1.82) is 0 Å². The molecule has 1 N–H and O–H groups in total. The molecule has 0 atom stereocenters. The SMILES string of the molecule is CCN(CCCNCc1ccc(OC)nc1)S(C)(=O)=O. The van der Waals surface area contributed by atoms with Gasteiger partial charge < -0.3 is 10.1 Å². The Morgan fingerprint density at radius 2 is 2.15 bits per heavy atom. The topological polar surface area (TPSA) is 71.5 Å². The van der Waals surface area contributed by atoms with E-state index in [2.05, 4.69) is 10.3 Å². The van der Waals surface area contributed by atoms with Crippen molar-refractivity contribution in [2.24, 2.45) is 0 Å². The maximum atomic E-state index is 11.4. The van der Waals surface area contributed by atoms with Gasteiger partial charge in [-0.1, -0.05) is 13.0 Å². The first-order valence-corrected chi connectivity index (χ1v) is 8.47. The molecule has 6 nitrogen and oxygen atoms in total. The number of hydrogen-bond acceptors (Lipinski definition) is 5. The number of pyridine rings is 1. The smallest absolute Gasteiger partial charge is 0.212 e. The van der Waals surface area contributed by atoms with Crippen molar-refractivity contribution in [2.75, 3.05) is 33.0 Å². The Labute approximate surface area is 121 Å². The summed E-state index contributed by atoms with van der Waals surface area (Å²) in [6.45, 7) is 4.38. The minimum absolute atomic E-state index is 0.515. The van der Waals surface area contributed by atoms with Crippen LogP contribution in [0.3, 0.4) is 0 Å². The van der Waals surface area contributed by atoms with E-state index < -0.39 is 10.0 Å². The number of rotatable bonds is 9. The molecule has 0 saturated carbocycles. The Kier molecular flexibility index (Phi) is 6.90. The highest BCUT2D eigenvalue weighted by atomic mass is 32.2. The number of methoxy groups -OCH3 is 1. The van der Waals surface area contributed by atoms with Crippen LogP contribution >= 0.6 is 0 Å². The Bertz CT molecular complexity index is 488. The fraction of sp³-hybridized carbons (Fsp3) is 0.615. The molecule has 0 spiro atoms. The van der Waals surface area contributed by atoms with Crippen molar-refractivity contribution in [1.82, 2.24) is 14.6 Å². The predicted octanol–water partition coefficient (Wildman–Crippen LogP) is 0.851. The van der Waals surface area contributed by atoms with Crippen LogP contribution in [0.2, 0.25) is 0 Å². The normalized spacial score (nSPS) is 11.8. The third-order valence-corrected chi connectivity index (χ3v) is 4.30. The molecule has 0 saturated heterocycles. The molecule has 7 heteroatoms. The molecule has 1 rings (SSSR count). The second kappa shape index (κ2) is 8.18. The number of hydrogen-bond donors (Lipinski definition) is 1. The molecule has 0 radical (unpaired) electrons. The molecule has 1 aromatic heterocycles. The molecular formula is C13H23N3O3S. The largest absolute Gasteiger partial charge is 0.481 e. The lowest BCUT2D eigenvalue weighted by Gasteiger charge is -2.17. The van der Waals surface area contributed by atoms with Crippen LogP contribution < -0.4 is 10.1 Å². The van der Waals surface area contributed by atoms with Crippen molar-refractivity contribution in [2.45, 2.75) is 19.9 Å². The quantitative estimate of drug-likeness (QED) is 0.685. The van der Waals surface area contributed by atoms with Crippen LogP contribution in [0.4, 0.5) is 0 Å². The second-order valence-electron chi connectivity index (χ2n) is 4.49. The Morgan fingerprint density at radius 1 is 1.40 bits per heavy atom. The van der Waals surface area contributed by atoms with E-state index in [0.717, 1.165) is 18.5 Å². The van der Waals surface area contributed by atoms with Crippen LogP contribution in [0.1, 0.15) is 18.9 Å². The molecule has 0 bridgehead atoms. The highest BCUT2D eigenvalue weighted by Crippen LogP contribution is 2.06. The predicted molar refractivity (Wildman–Crippen MR) is 79.2 cm³/mol. The number of nitrogens with one attached hydrogen (secondary N) is 1. The highest BCUT2D eigenvalue weighted by Gasteiger charge is 2.12. The maximum Gasteiger partial charge on any atom is 0.212 e. The number of sulfonamides is 1. The van der Waals surface area contributed by atoms with Crippen molar-refractivity contribution in [3.8, 4) is 5.88 Å². The van der Waals surface area contributed by atoms with Crippen LogP contribution in [-0.2, 0) is 16.6 Å². The molecule has 0 aliphatic rings. The zero-order valence-corrected chi connectivity index (χ0v) is 13.1. The zero-order valence-electron chi connectivity index (χ0n) is 12.3. The van der Waals surface area contributed by atoms with E-state index in [9.17, 15) is 8.42 Å². The van der Waals surface area contributed by atoms with E-state index in [0.29, 0.717) is 25.5 Å². The molecule has 0 unspecified atom stereocenters. The Morgan fingerprint density at radius 3 is 2.65 bits per heavy atom. The Balaban J connectivity index is 2.24.